The molecule has 2 aromatic rings. The van der Waals surface area contributed by atoms with Gasteiger partial charge in [-0.25, -0.2) is 0 Å². The number of carbonyl (C=O) groups is 1. The lowest BCUT2D eigenvalue weighted by molar-refractivity contribution is -0.242. The summed E-state index contributed by atoms with van der Waals surface area (Å²) < 4.78 is 10.9. The van der Waals surface area contributed by atoms with Crippen LogP contribution in [0.5, 0.6) is 5.75 Å². The van der Waals surface area contributed by atoms with E-state index < -0.39 is 24.6 Å². The largest absolute Gasteiger partial charge is 0.462 e. The number of hydrogen-bond donors (Lipinski definition) is 3. The van der Waals surface area contributed by atoms with E-state index >= 15 is 0 Å². The summed E-state index contributed by atoms with van der Waals surface area (Å²) in [5.41, 5.74) is 2.83. The van der Waals surface area contributed by atoms with Crippen LogP contribution >= 0.6 is 0 Å². The molecule has 0 saturated carbocycles. The number of hydrogen-bond acceptors (Lipinski definition) is 7. The van der Waals surface area contributed by atoms with Crippen molar-refractivity contribution in [2.24, 2.45) is 0 Å². The Morgan fingerprint density at radius 2 is 1.71 bits per heavy atom. The molecule has 0 amide bonds. The molecule has 1 heterocycles. The number of carbonyl (C=O) groups excluding carboxylic acids is 1. The lowest BCUT2D eigenvalue weighted by Gasteiger charge is -2.35. The molecule has 0 aliphatic carbocycles. The maximum absolute atomic E-state index is 12.9. The van der Waals surface area contributed by atoms with Crippen molar-refractivity contribution in [2.45, 2.75) is 38.4 Å². The minimum absolute atomic E-state index is 0.157. The third kappa shape index (κ3) is 3.91. The predicted molar refractivity (Wildman–Crippen MR) is 98.9 cm³/mol. The Bertz CT molecular complexity index is 894. The number of aliphatic hydroxyl groups is 3. The number of nitriles is 1. The molecule has 1 fully saturated rings. The van der Waals surface area contributed by atoms with Crippen LogP contribution in [0.1, 0.15) is 32.6 Å². The zero-order valence-electron chi connectivity index (χ0n) is 15.5. The normalized spacial score (nSPS) is 24.4. The monoisotopic (exact) mass is 383 g/mol. The second kappa shape index (κ2) is 8.09. The average molecular weight is 383 g/mol. The van der Waals surface area contributed by atoms with Gasteiger partial charge in [0.2, 0.25) is 6.29 Å². The molecule has 0 bridgehead atoms. The minimum Gasteiger partial charge on any atom is -0.462 e. The fourth-order valence-corrected chi connectivity index (χ4v) is 3.21. The van der Waals surface area contributed by atoms with E-state index in [0.29, 0.717) is 33.6 Å². The number of ether oxygens (including phenoxy) is 2. The molecule has 0 radical (unpaired) electrons. The van der Waals surface area contributed by atoms with Crippen LogP contribution in [0.15, 0.2) is 36.4 Å². The molecular weight excluding hydrogens is 362 g/mol. The minimum atomic E-state index is -1.40. The Morgan fingerprint density at radius 3 is 2.29 bits per heavy atom. The SMILES string of the molecule is Cc1cc(O[C@@H]2OC[C@@H](O)[C@H](O)[C@@H]2O)cc(C)c1C(=O)c1ccc(C#N)cc1. The van der Waals surface area contributed by atoms with Gasteiger partial charge in [0.15, 0.2) is 5.78 Å². The van der Waals surface area contributed by atoms with Crippen molar-refractivity contribution >= 4 is 5.78 Å². The molecule has 3 N–H and O–H groups in total. The summed E-state index contributed by atoms with van der Waals surface area (Å²) in [5, 5.41) is 38.2. The van der Waals surface area contributed by atoms with E-state index in [0.717, 1.165) is 0 Å². The molecule has 2 aromatic carbocycles. The number of aryl methyl sites for hydroxylation is 2. The van der Waals surface area contributed by atoms with Crippen molar-refractivity contribution in [2.75, 3.05) is 6.61 Å². The van der Waals surface area contributed by atoms with Crippen molar-refractivity contribution in [1.82, 2.24) is 0 Å². The maximum atomic E-state index is 12.9. The van der Waals surface area contributed by atoms with Gasteiger partial charge in [-0.1, -0.05) is 0 Å². The smallest absolute Gasteiger partial charge is 0.228 e. The molecule has 0 spiro atoms. The molecule has 1 saturated heterocycles. The highest BCUT2D eigenvalue weighted by Crippen LogP contribution is 2.27. The van der Waals surface area contributed by atoms with Gasteiger partial charge in [0, 0.05) is 11.1 Å². The summed E-state index contributed by atoms with van der Waals surface area (Å²) in [7, 11) is 0. The summed E-state index contributed by atoms with van der Waals surface area (Å²) >= 11 is 0. The topological polar surface area (TPSA) is 120 Å². The van der Waals surface area contributed by atoms with Gasteiger partial charge in [-0.15, -0.1) is 0 Å². The quantitative estimate of drug-likeness (QED) is 0.679. The lowest BCUT2D eigenvalue weighted by Crippen LogP contribution is -2.54. The predicted octanol–water partition coefficient (Wildman–Crippen LogP) is 1.22. The number of rotatable bonds is 4. The molecule has 7 heteroatoms. The van der Waals surface area contributed by atoms with Gasteiger partial charge in [-0.3, -0.25) is 4.79 Å². The van der Waals surface area contributed by atoms with E-state index in [-0.39, 0.29) is 12.4 Å². The number of aliphatic hydroxyl groups excluding tert-OH is 3. The standard InChI is InChI=1S/C21H21NO6/c1-11-7-15(28-21-20(26)19(25)16(23)10-27-21)8-12(2)17(11)18(24)14-5-3-13(9-22)4-6-14/h3-8,16,19-21,23,25-26H,10H2,1-2H3/t16-,19+,20+,21+/m1/s1. The molecule has 3 rings (SSSR count). The van der Waals surface area contributed by atoms with Gasteiger partial charge in [0.25, 0.3) is 0 Å². The van der Waals surface area contributed by atoms with Crippen LogP contribution in [0.2, 0.25) is 0 Å². The molecule has 28 heavy (non-hydrogen) atoms. The summed E-state index contributed by atoms with van der Waals surface area (Å²) in [4.78, 5) is 12.9. The summed E-state index contributed by atoms with van der Waals surface area (Å²) in [6, 6.07) is 11.7. The first-order valence-corrected chi connectivity index (χ1v) is 8.80. The van der Waals surface area contributed by atoms with Gasteiger partial charge in [-0.05, 0) is 61.4 Å². The van der Waals surface area contributed by atoms with E-state index in [2.05, 4.69) is 0 Å². The van der Waals surface area contributed by atoms with Crippen molar-refractivity contribution < 1.29 is 29.6 Å². The van der Waals surface area contributed by atoms with Crippen molar-refractivity contribution in [3.63, 3.8) is 0 Å². The molecule has 0 unspecified atom stereocenters. The summed E-state index contributed by atoms with van der Waals surface area (Å²) in [6.07, 6.45) is -5.06. The van der Waals surface area contributed by atoms with Crippen molar-refractivity contribution in [1.29, 1.82) is 5.26 Å². The second-order valence-electron chi connectivity index (χ2n) is 6.82. The van der Waals surface area contributed by atoms with E-state index in [4.69, 9.17) is 14.7 Å². The molecule has 146 valence electrons. The highest BCUT2D eigenvalue weighted by Gasteiger charge is 2.39. The van der Waals surface area contributed by atoms with E-state index in [1.807, 2.05) is 6.07 Å². The van der Waals surface area contributed by atoms with Gasteiger partial charge in [0.1, 0.15) is 24.1 Å². The van der Waals surface area contributed by atoms with E-state index in [9.17, 15) is 20.1 Å². The van der Waals surface area contributed by atoms with Gasteiger partial charge in [0.05, 0.1) is 18.2 Å². The van der Waals surface area contributed by atoms with E-state index in [1.165, 1.54) is 0 Å². The van der Waals surface area contributed by atoms with Gasteiger partial charge >= 0.3 is 0 Å². The lowest BCUT2D eigenvalue weighted by atomic mass is 9.94. The molecule has 1 aliphatic rings. The van der Waals surface area contributed by atoms with Crippen LogP contribution in [-0.4, -0.2) is 52.3 Å². The van der Waals surface area contributed by atoms with Crippen LogP contribution in [0.25, 0.3) is 0 Å². The Labute approximate surface area is 162 Å². The Hall–Kier alpha value is -2.76. The van der Waals surface area contributed by atoms with Crippen LogP contribution in [0.3, 0.4) is 0 Å². The fraction of sp³-hybridized carbons (Fsp3) is 0.333. The first kappa shape index (κ1) is 20.0. The highest BCUT2D eigenvalue weighted by atomic mass is 16.7. The Kier molecular flexibility index (Phi) is 5.77. The maximum Gasteiger partial charge on any atom is 0.228 e. The Morgan fingerprint density at radius 1 is 1.11 bits per heavy atom. The van der Waals surface area contributed by atoms with Crippen molar-refractivity contribution in [3.8, 4) is 11.8 Å². The molecule has 7 nitrogen and oxygen atoms in total. The number of ketones is 1. The van der Waals surface area contributed by atoms with Crippen molar-refractivity contribution in [3.05, 3.63) is 64.2 Å². The molecule has 4 atom stereocenters. The van der Waals surface area contributed by atoms with Crippen LogP contribution in [-0.2, 0) is 4.74 Å². The first-order valence-electron chi connectivity index (χ1n) is 8.80. The van der Waals surface area contributed by atoms with E-state index in [1.54, 1.807) is 50.2 Å². The zero-order valence-corrected chi connectivity index (χ0v) is 15.5. The second-order valence-corrected chi connectivity index (χ2v) is 6.82. The fourth-order valence-electron chi connectivity index (χ4n) is 3.21. The van der Waals surface area contributed by atoms with Crippen LogP contribution in [0.4, 0.5) is 0 Å². The van der Waals surface area contributed by atoms with Gasteiger partial charge in [-0.2, -0.15) is 5.26 Å². The average Bonchev–Trinajstić information content (AvgIpc) is 2.68. The first-order chi connectivity index (χ1) is 13.3. The summed E-state index contributed by atoms with van der Waals surface area (Å²) in [5.74, 6) is 0.206. The number of nitrogens with zero attached hydrogens (tertiary/aromatic N) is 1. The molecular formula is C21H21NO6. The Balaban J connectivity index is 1.82. The third-order valence-electron chi connectivity index (χ3n) is 4.72. The summed E-state index contributed by atoms with van der Waals surface area (Å²) in [6.45, 7) is 3.39. The van der Waals surface area contributed by atoms with Gasteiger partial charge < -0.3 is 24.8 Å². The molecule has 1 aliphatic heterocycles. The molecule has 0 aromatic heterocycles. The van der Waals surface area contributed by atoms with Crippen LogP contribution in [0, 0.1) is 25.2 Å². The van der Waals surface area contributed by atoms with Crippen LogP contribution < -0.4 is 4.74 Å². The zero-order chi connectivity index (χ0) is 20.4. The third-order valence-corrected chi connectivity index (χ3v) is 4.72. The highest BCUT2D eigenvalue weighted by molar-refractivity contribution is 6.10. The number of benzene rings is 2.